The minimum absolute atomic E-state index is 0.00210. The number of benzene rings is 1. The Morgan fingerprint density at radius 2 is 1.87 bits per heavy atom. The summed E-state index contributed by atoms with van der Waals surface area (Å²) in [6, 6.07) is 3.07. The summed E-state index contributed by atoms with van der Waals surface area (Å²) >= 11 is 11.7. The van der Waals surface area contributed by atoms with E-state index in [1.54, 1.807) is 6.07 Å². The molecule has 0 aliphatic heterocycles. The van der Waals surface area contributed by atoms with Crippen molar-refractivity contribution < 1.29 is 8.42 Å². The maximum Gasteiger partial charge on any atom is 0.263 e. The summed E-state index contributed by atoms with van der Waals surface area (Å²) in [5, 5.41) is 1.06. The molecule has 0 spiro atoms. The normalized spacial score (nSPS) is 12.2. The molecule has 0 amide bonds. The Morgan fingerprint density at radius 3 is 2.47 bits per heavy atom. The number of nitrogens with one attached hydrogen (secondary N) is 1. The molecule has 0 aliphatic rings. The Balaban J connectivity index is 2.90. The highest BCUT2D eigenvalue weighted by molar-refractivity contribution is 8.14. The van der Waals surface area contributed by atoms with Crippen molar-refractivity contribution in [2.45, 2.75) is 4.90 Å². The Morgan fingerprint density at radius 1 is 1.20 bits per heavy atom. The third kappa shape index (κ3) is 1.83. The van der Waals surface area contributed by atoms with Crippen molar-refractivity contribution in [2.24, 2.45) is 0 Å². The molecule has 15 heavy (non-hydrogen) atoms. The molecule has 3 nitrogen and oxygen atoms in total. The lowest BCUT2D eigenvalue weighted by Crippen LogP contribution is -1.87. The van der Waals surface area contributed by atoms with E-state index in [0.29, 0.717) is 15.9 Å². The van der Waals surface area contributed by atoms with Crippen molar-refractivity contribution >= 4 is 53.8 Å². The van der Waals surface area contributed by atoms with E-state index in [9.17, 15) is 8.42 Å². The molecule has 2 rings (SSSR count). The van der Waals surface area contributed by atoms with Gasteiger partial charge in [-0.1, -0.05) is 23.2 Å². The summed E-state index contributed by atoms with van der Waals surface area (Å²) in [5.74, 6) is 0. The molecule has 0 saturated heterocycles. The number of H-pyrrole nitrogens is 1. The van der Waals surface area contributed by atoms with Gasteiger partial charge in [0.1, 0.15) is 4.90 Å². The molecule has 1 aromatic carbocycles. The van der Waals surface area contributed by atoms with E-state index in [2.05, 4.69) is 4.98 Å². The van der Waals surface area contributed by atoms with Gasteiger partial charge >= 0.3 is 0 Å². The molecule has 0 atom stereocenters. The van der Waals surface area contributed by atoms with E-state index >= 15 is 0 Å². The van der Waals surface area contributed by atoms with Crippen LogP contribution in [0, 0.1) is 0 Å². The molecule has 7 heteroatoms. The smallest absolute Gasteiger partial charge is 0.263 e. The number of rotatable bonds is 1. The quantitative estimate of drug-likeness (QED) is 0.816. The van der Waals surface area contributed by atoms with Crippen molar-refractivity contribution in [2.75, 3.05) is 0 Å². The van der Waals surface area contributed by atoms with Crippen LogP contribution < -0.4 is 0 Å². The van der Waals surface area contributed by atoms with Crippen molar-refractivity contribution in [3.8, 4) is 0 Å². The summed E-state index contributed by atoms with van der Waals surface area (Å²) < 4.78 is 22.3. The third-order valence-electron chi connectivity index (χ3n) is 1.97. The van der Waals surface area contributed by atoms with Crippen LogP contribution in [-0.4, -0.2) is 13.4 Å². The van der Waals surface area contributed by atoms with Gasteiger partial charge in [-0.15, -0.1) is 0 Å². The maximum atomic E-state index is 11.2. The second-order valence-electron chi connectivity index (χ2n) is 2.87. The minimum atomic E-state index is -3.78. The second kappa shape index (κ2) is 3.56. The first kappa shape index (κ1) is 11.1. The van der Waals surface area contributed by atoms with Crippen LogP contribution in [0.15, 0.2) is 23.2 Å². The SMILES string of the molecule is O=S(=O)(Cl)c1c[nH]c2c(Cl)c(Cl)ccc12. The Kier molecular flexibility index (Phi) is 2.63. The summed E-state index contributed by atoms with van der Waals surface area (Å²) in [7, 11) is 1.47. The first-order chi connectivity index (χ1) is 6.91. The Bertz CT molecular complexity index is 633. The lowest BCUT2D eigenvalue weighted by Gasteiger charge is -1.97. The highest BCUT2D eigenvalue weighted by Crippen LogP contribution is 2.34. The summed E-state index contributed by atoms with van der Waals surface area (Å²) in [5.41, 5.74) is 0.461. The molecule has 1 heterocycles. The van der Waals surface area contributed by atoms with Gasteiger partial charge in [0.05, 0.1) is 15.6 Å². The topological polar surface area (TPSA) is 49.9 Å². The van der Waals surface area contributed by atoms with E-state index in [1.807, 2.05) is 0 Å². The van der Waals surface area contributed by atoms with Crippen LogP contribution in [0.5, 0.6) is 0 Å². The number of aromatic amines is 1. The highest BCUT2D eigenvalue weighted by Gasteiger charge is 2.17. The van der Waals surface area contributed by atoms with E-state index in [1.165, 1.54) is 12.3 Å². The molecule has 1 aromatic heterocycles. The fraction of sp³-hybridized carbons (Fsp3) is 0. The summed E-state index contributed by atoms with van der Waals surface area (Å²) in [6.45, 7) is 0. The monoisotopic (exact) mass is 283 g/mol. The summed E-state index contributed by atoms with van der Waals surface area (Å²) in [4.78, 5) is 2.72. The zero-order chi connectivity index (χ0) is 11.2. The van der Waals surface area contributed by atoms with Crippen LogP contribution in [0.4, 0.5) is 0 Å². The molecular weight excluding hydrogens is 281 g/mol. The van der Waals surface area contributed by atoms with E-state index in [0.717, 1.165) is 0 Å². The van der Waals surface area contributed by atoms with E-state index in [4.69, 9.17) is 33.9 Å². The number of aromatic nitrogens is 1. The lowest BCUT2D eigenvalue weighted by molar-refractivity contribution is 0.610. The maximum absolute atomic E-state index is 11.2. The van der Waals surface area contributed by atoms with Crippen LogP contribution in [-0.2, 0) is 9.05 Å². The van der Waals surface area contributed by atoms with Gasteiger partial charge in [0.25, 0.3) is 9.05 Å². The average Bonchev–Trinajstić information content (AvgIpc) is 2.54. The predicted octanol–water partition coefficient (Wildman–Crippen LogP) is 3.40. The van der Waals surface area contributed by atoms with Crippen molar-refractivity contribution in [3.63, 3.8) is 0 Å². The predicted molar refractivity (Wildman–Crippen MR) is 61.4 cm³/mol. The van der Waals surface area contributed by atoms with Gasteiger partial charge < -0.3 is 4.98 Å². The van der Waals surface area contributed by atoms with Crippen molar-refractivity contribution in [1.82, 2.24) is 4.98 Å². The summed E-state index contributed by atoms with van der Waals surface area (Å²) in [6.07, 6.45) is 1.29. The first-order valence-corrected chi connectivity index (χ1v) is 6.87. The van der Waals surface area contributed by atoms with Crippen LogP contribution in [0.2, 0.25) is 10.0 Å². The Labute approximate surface area is 100 Å². The van der Waals surface area contributed by atoms with Crippen molar-refractivity contribution in [1.29, 1.82) is 0 Å². The standard InChI is InChI=1S/C8H4Cl3NO2S/c9-5-2-1-4-6(15(11,13)14)3-12-8(4)7(5)10/h1-3,12H. The van der Waals surface area contributed by atoms with Gasteiger partial charge in [-0.05, 0) is 12.1 Å². The fourth-order valence-corrected chi connectivity index (χ4v) is 2.71. The molecule has 0 aliphatic carbocycles. The van der Waals surface area contributed by atoms with Crippen LogP contribution >= 0.6 is 33.9 Å². The van der Waals surface area contributed by atoms with Gasteiger partial charge in [0.15, 0.2) is 0 Å². The fourth-order valence-electron chi connectivity index (χ4n) is 1.31. The number of hydrogen-bond donors (Lipinski definition) is 1. The van der Waals surface area contributed by atoms with Crippen LogP contribution in [0.3, 0.4) is 0 Å². The number of halogens is 3. The van der Waals surface area contributed by atoms with E-state index < -0.39 is 9.05 Å². The molecule has 0 unspecified atom stereocenters. The van der Waals surface area contributed by atoms with Gasteiger partial charge in [0.2, 0.25) is 0 Å². The van der Waals surface area contributed by atoms with Gasteiger partial charge in [-0.3, -0.25) is 0 Å². The Hall–Kier alpha value is -0.420. The molecular formula is C8H4Cl3NO2S. The zero-order valence-corrected chi connectivity index (χ0v) is 10.2. The average molecular weight is 285 g/mol. The third-order valence-corrected chi connectivity index (χ3v) is 4.14. The molecule has 0 saturated carbocycles. The molecule has 0 bridgehead atoms. The van der Waals surface area contributed by atoms with Crippen molar-refractivity contribution in [3.05, 3.63) is 28.4 Å². The van der Waals surface area contributed by atoms with Gasteiger partial charge in [-0.2, -0.15) is 0 Å². The largest absolute Gasteiger partial charge is 0.359 e. The van der Waals surface area contributed by atoms with Gasteiger partial charge in [-0.25, -0.2) is 8.42 Å². The zero-order valence-electron chi connectivity index (χ0n) is 7.09. The number of fused-ring (bicyclic) bond motifs is 1. The number of hydrogen-bond acceptors (Lipinski definition) is 2. The molecule has 0 radical (unpaired) electrons. The lowest BCUT2D eigenvalue weighted by atomic mass is 10.2. The van der Waals surface area contributed by atoms with Crippen LogP contribution in [0.25, 0.3) is 10.9 Å². The molecule has 80 valence electrons. The highest BCUT2D eigenvalue weighted by atomic mass is 35.7. The van der Waals surface area contributed by atoms with Crippen LogP contribution in [0.1, 0.15) is 0 Å². The molecule has 2 aromatic rings. The first-order valence-electron chi connectivity index (χ1n) is 3.81. The molecule has 0 fully saturated rings. The molecule has 1 N–H and O–H groups in total. The van der Waals surface area contributed by atoms with Gasteiger partial charge in [0, 0.05) is 22.3 Å². The minimum Gasteiger partial charge on any atom is -0.359 e. The second-order valence-corrected chi connectivity index (χ2v) is 6.19. The van der Waals surface area contributed by atoms with E-state index in [-0.39, 0.29) is 9.92 Å².